The van der Waals surface area contributed by atoms with Crippen molar-refractivity contribution in [1.29, 1.82) is 0 Å². The van der Waals surface area contributed by atoms with Gasteiger partial charge in [0.2, 0.25) is 0 Å². The number of benzene rings is 1. The van der Waals surface area contributed by atoms with Gasteiger partial charge in [-0.25, -0.2) is 4.79 Å². The highest BCUT2D eigenvalue weighted by molar-refractivity contribution is 5.74. The zero-order chi connectivity index (χ0) is 23.6. The molecule has 1 fully saturated rings. The van der Waals surface area contributed by atoms with Gasteiger partial charge in [-0.3, -0.25) is 0 Å². The van der Waals surface area contributed by atoms with Gasteiger partial charge in [-0.1, -0.05) is 30.3 Å². The highest BCUT2D eigenvalue weighted by atomic mass is 16.5. The van der Waals surface area contributed by atoms with E-state index < -0.39 is 5.60 Å². The van der Waals surface area contributed by atoms with E-state index in [9.17, 15) is 9.90 Å². The van der Waals surface area contributed by atoms with Gasteiger partial charge in [0.1, 0.15) is 0 Å². The number of nitrogens with two attached hydrogens (primary N) is 1. The summed E-state index contributed by atoms with van der Waals surface area (Å²) in [6.07, 6.45) is 4.14. The Morgan fingerprint density at radius 1 is 1.28 bits per heavy atom. The van der Waals surface area contributed by atoms with Crippen LogP contribution in [0.25, 0.3) is 0 Å². The van der Waals surface area contributed by atoms with Gasteiger partial charge < -0.3 is 30.5 Å². The SMILES string of the molecule is COCCCC[C@@](O)(c1ccccc1)[C@@H]1CCCN(C(=O)NC(CN)COC(C)(C)C)C1. The molecule has 0 spiro atoms. The summed E-state index contributed by atoms with van der Waals surface area (Å²) < 4.78 is 11.0. The number of unbranched alkanes of at least 4 members (excludes halogenated alkanes) is 1. The van der Waals surface area contributed by atoms with Gasteiger partial charge in [0, 0.05) is 39.3 Å². The Hall–Kier alpha value is -1.67. The van der Waals surface area contributed by atoms with E-state index in [0.717, 1.165) is 31.2 Å². The molecule has 0 aromatic heterocycles. The fraction of sp³-hybridized carbons (Fsp3) is 0.720. The topological polar surface area (TPSA) is 97.1 Å². The number of hydrogen-bond donors (Lipinski definition) is 3. The fourth-order valence-electron chi connectivity index (χ4n) is 4.29. The van der Waals surface area contributed by atoms with Crippen molar-refractivity contribution in [2.45, 2.75) is 70.1 Å². The van der Waals surface area contributed by atoms with Gasteiger partial charge in [-0.15, -0.1) is 0 Å². The van der Waals surface area contributed by atoms with Crippen molar-refractivity contribution in [3.8, 4) is 0 Å². The molecule has 7 nitrogen and oxygen atoms in total. The minimum absolute atomic E-state index is 0.0332. The first-order chi connectivity index (χ1) is 15.2. The Labute approximate surface area is 193 Å². The summed E-state index contributed by atoms with van der Waals surface area (Å²) in [5.41, 5.74) is 5.52. The number of carbonyl (C=O) groups is 1. The third-order valence-electron chi connectivity index (χ3n) is 6.14. The lowest BCUT2D eigenvalue weighted by Crippen LogP contribution is -2.54. The third-order valence-corrected chi connectivity index (χ3v) is 6.14. The highest BCUT2D eigenvalue weighted by Crippen LogP contribution is 2.39. The summed E-state index contributed by atoms with van der Waals surface area (Å²) in [5, 5.41) is 14.9. The number of piperidine rings is 1. The highest BCUT2D eigenvalue weighted by Gasteiger charge is 2.41. The van der Waals surface area contributed by atoms with Crippen LogP contribution < -0.4 is 11.1 Å². The Balaban J connectivity index is 2.07. The molecule has 1 unspecified atom stereocenters. The average molecular weight is 450 g/mol. The van der Waals surface area contributed by atoms with Gasteiger partial charge >= 0.3 is 6.03 Å². The second kappa shape index (κ2) is 12.5. The minimum Gasteiger partial charge on any atom is -0.385 e. The minimum atomic E-state index is -0.976. The molecule has 1 aromatic carbocycles. The standard InChI is InChI=1S/C25H43N3O4/c1-24(2,3)32-19-22(17-26)27-23(29)28-15-10-13-21(18-28)25(30,14-8-9-16-31-4)20-11-6-5-7-12-20/h5-7,11-12,21-22,30H,8-10,13-19,26H2,1-4H3,(H,27,29)/t21-,22?,25-/m1/s1. The van der Waals surface area contributed by atoms with Crippen molar-refractivity contribution in [3.63, 3.8) is 0 Å². The smallest absolute Gasteiger partial charge is 0.317 e. The predicted molar refractivity (Wildman–Crippen MR) is 127 cm³/mol. The van der Waals surface area contributed by atoms with Crippen LogP contribution >= 0.6 is 0 Å². The molecule has 4 N–H and O–H groups in total. The van der Waals surface area contributed by atoms with Gasteiger partial charge in [0.25, 0.3) is 0 Å². The number of aliphatic hydroxyl groups is 1. The first kappa shape index (κ1) is 26.6. The number of carbonyl (C=O) groups excluding carboxylic acids is 1. The Morgan fingerprint density at radius 2 is 2.00 bits per heavy atom. The molecule has 3 atom stereocenters. The molecule has 182 valence electrons. The monoisotopic (exact) mass is 449 g/mol. The van der Waals surface area contributed by atoms with E-state index in [4.69, 9.17) is 15.2 Å². The van der Waals surface area contributed by atoms with Crippen LogP contribution in [-0.2, 0) is 15.1 Å². The zero-order valence-corrected chi connectivity index (χ0v) is 20.3. The molecule has 1 aromatic rings. The maximum Gasteiger partial charge on any atom is 0.317 e. The van der Waals surface area contributed by atoms with Gasteiger partial charge in [0.15, 0.2) is 0 Å². The Morgan fingerprint density at radius 3 is 2.62 bits per heavy atom. The number of urea groups is 1. The van der Waals surface area contributed by atoms with Crippen LogP contribution in [0, 0.1) is 5.92 Å². The van der Waals surface area contributed by atoms with Crippen LogP contribution in [0.2, 0.25) is 0 Å². The quantitative estimate of drug-likeness (QED) is 0.451. The number of hydrogen-bond acceptors (Lipinski definition) is 5. The second-order valence-electron chi connectivity index (χ2n) is 9.83. The van der Waals surface area contributed by atoms with Crippen LogP contribution in [0.4, 0.5) is 4.79 Å². The third kappa shape index (κ3) is 8.03. The zero-order valence-electron chi connectivity index (χ0n) is 20.3. The molecular formula is C25H43N3O4. The van der Waals surface area contributed by atoms with Crippen LogP contribution in [-0.4, -0.2) is 67.6 Å². The molecule has 0 aliphatic carbocycles. The summed E-state index contributed by atoms with van der Waals surface area (Å²) in [7, 11) is 1.70. The first-order valence-electron chi connectivity index (χ1n) is 11.9. The maximum absolute atomic E-state index is 13.0. The molecule has 1 heterocycles. The normalized spacial score (nSPS) is 19.9. The Bertz CT molecular complexity index is 680. The predicted octanol–water partition coefficient (Wildman–Crippen LogP) is 3.25. The lowest BCUT2D eigenvalue weighted by atomic mass is 9.74. The van der Waals surface area contributed by atoms with E-state index in [1.54, 1.807) is 7.11 Å². The number of rotatable bonds is 11. The number of amides is 2. The van der Waals surface area contributed by atoms with Crippen molar-refractivity contribution < 1.29 is 19.4 Å². The molecule has 1 saturated heterocycles. The van der Waals surface area contributed by atoms with Crippen molar-refractivity contribution in [2.24, 2.45) is 11.7 Å². The van der Waals surface area contributed by atoms with E-state index in [1.807, 2.05) is 56.0 Å². The fourth-order valence-corrected chi connectivity index (χ4v) is 4.29. The molecule has 0 bridgehead atoms. The van der Waals surface area contributed by atoms with E-state index >= 15 is 0 Å². The number of ether oxygens (including phenoxy) is 2. The number of likely N-dealkylation sites (tertiary alicyclic amines) is 1. The van der Waals surface area contributed by atoms with Crippen LogP contribution in [0.5, 0.6) is 0 Å². The molecule has 0 saturated carbocycles. The summed E-state index contributed by atoms with van der Waals surface area (Å²) in [4.78, 5) is 14.8. The Kier molecular flexibility index (Phi) is 10.4. The van der Waals surface area contributed by atoms with Crippen molar-refractivity contribution in [1.82, 2.24) is 10.2 Å². The van der Waals surface area contributed by atoms with Crippen LogP contribution in [0.3, 0.4) is 0 Å². The van der Waals surface area contributed by atoms with Crippen LogP contribution in [0.15, 0.2) is 30.3 Å². The van der Waals surface area contributed by atoms with E-state index in [0.29, 0.717) is 39.3 Å². The molecular weight excluding hydrogens is 406 g/mol. The van der Waals surface area contributed by atoms with Crippen LogP contribution in [0.1, 0.15) is 58.4 Å². The second-order valence-corrected chi connectivity index (χ2v) is 9.83. The van der Waals surface area contributed by atoms with E-state index in [-0.39, 0.29) is 23.6 Å². The number of nitrogens with zero attached hydrogens (tertiary/aromatic N) is 1. The average Bonchev–Trinajstić information content (AvgIpc) is 2.79. The van der Waals surface area contributed by atoms with Crippen molar-refractivity contribution in [2.75, 3.05) is 40.0 Å². The largest absolute Gasteiger partial charge is 0.385 e. The first-order valence-corrected chi connectivity index (χ1v) is 11.9. The van der Waals surface area contributed by atoms with Gasteiger partial charge in [-0.05, 0) is 58.4 Å². The van der Waals surface area contributed by atoms with E-state index in [1.165, 1.54) is 0 Å². The molecule has 2 amide bonds. The summed E-state index contributed by atoms with van der Waals surface area (Å²) in [5.74, 6) is -0.0332. The molecule has 0 radical (unpaired) electrons. The summed E-state index contributed by atoms with van der Waals surface area (Å²) >= 11 is 0. The summed E-state index contributed by atoms with van der Waals surface area (Å²) in [6.45, 7) is 8.50. The number of methoxy groups -OCH3 is 1. The number of nitrogens with one attached hydrogen (secondary N) is 1. The van der Waals surface area contributed by atoms with Crippen molar-refractivity contribution >= 4 is 6.03 Å². The van der Waals surface area contributed by atoms with Gasteiger partial charge in [-0.2, -0.15) is 0 Å². The molecule has 7 heteroatoms. The van der Waals surface area contributed by atoms with Crippen molar-refractivity contribution in [3.05, 3.63) is 35.9 Å². The summed E-state index contributed by atoms with van der Waals surface area (Å²) in [6, 6.07) is 9.48. The molecule has 2 rings (SSSR count). The maximum atomic E-state index is 13.0. The molecule has 1 aliphatic rings. The lowest BCUT2D eigenvalue weighted by molar-refractivity contribution is -0.0568. The van der Waals surface area contributed by atoms with E-state index in [2.05, 4.69) is 5.32 Å². The molecule has 32 heavy (non-hydrogen) atoms. The van der Waals surface area contributed by atoms with Gasteiger partial charge in [0.05, 0.1) is 23.9 Å². The lowest BCUT2D eigenvalue weighted by Gasteiger charge is -2.43. The molecule has 1 aliphatic heterocycles.